The lowest BCUT2D eigenvalue weighted by atomic mass is 9.72. The first-order valence-corrected chi connectivity index (χ1v) is 6.67. The quantitative estimate of drug-likeness (QED) is 0.653. The first kappa shape index (κ1) is 11.9. The lowest BCUT2D eigenvalue weighted by Crippen LogP contribution is -2.25. The summed E-state index contributed by atoms with van der Waals surface area (Å²) in [6.45, 7) is 9.03. The molecule has 1 heteroatoms. The maximum atomic E-state index is 11.8. The second-order valence-corrected chi connectivity index (χ2v) is 6.35. The zero-order valence-corrected chi connectivity index (χ0v) is 11.0. The van der Waals surface area contributed by atoms with Gasteiger partial charge in [0.05, 0.1) is 0 Å². The molecule has 0 heterocycles. The largest absolute Gasteiger partial charge is 0.295 e. The van der Waals surface area contributed by atoms with E-state index in [4.69, 9.17) is 0 Å². The van der Waals surface area contributed by atoms with Crippen LogP contribution in [0.1, 0.15) is 53.4 Å². The maximum Gasteiger partial charge on any atom is 0.158 e. The molecule has 0 bridgehead atoms. The molecule has 2 aliphatic rings. The second-order valence-electron chi connectivity index (χ2n) is 6.35. The zero-order valence-electron chi connectivity index (χ0n) is 11.0. The third kappa shape index (κ3) is 1.85. The fourth-order valence-electron chi connectivity index (χ4n) is 3.93. The van der Waals surface area contributed by atoms with E-state index in [2.05, 4.69) is 26.8 Å². The minimum absolute atomic E-state index is 0.297. The van der Waals surface area contributed by atoms with Gasteiger partial charge in [0.1, 0.15) is 0 Å². The number of Topliss-reactive ketones (excluding diaryl/α,β-unsaturated/α-hetero) is 1. The van der Waals surface area contributed by atoms with Crippen molar-refractivity contribution < 1.29 is 4.79 Å². The number of allylic oxidation sites excluding steroid dienone is 2. The average molecular weight is 220 g/mol. The Hall–Kier alpha value is -0.590. The van der Waals surface area contributed by atoms with E-state index in [1.807, 2.05) is 6.92 Å². The molecule has 0 radical (unpaired) electrons. The summed E-state index contributed by atoms with van der Waals surface area (Å²) >= 11 is 0. The van der Waals surface area contributed by atoms with E-state index < -0.39 is 0 Å². The average Bonchev–Trinajstić information content (AvgIpc) is 2.46. The van der Waals surface area contributed by atoms with Crippen molar-refractivity contribution in [3.8, 4) is 0 Å². The van der Waals surface area contributed by atoms with Crippen molar-refractivity contribution in [1.29, 1.82) is 0 Å². The predicted octanol–water partition coefficient (Wildman–Crippen LogP) is 3.98. The molecule has 0 aromatic rings. The summed E-state index contributed by atoms with van der Waals surface area (Å²) in [4.78, 5) is 11.8. The number of fused-ring (bicyclic) bond motifs is 1. The van der Waals surface area contributed by atoms with Crippen LogP contribution in [-0.2, 0) is 4.79 Å². The highest BCUT2D eigenvalue weighted by Crippen LogP contribution is 2.53. The number of ketones is 1. The van der Waals surface area contributed by atoms with Gasteiger partial charge >= 0.3 is 0 Å². The Kier molecular flexibility index (Phi) is 2.98. The molecular weight excluding hydrogens is 196 g/mol. The van der Waals surface area contributed by atoms with Crippen molar-refractivity contribution in [2.75, 3.05) is 0 Å². The normalized spacial score (nSPS) is 39.6. The van der Waals surface area contributed by atoms with E-state index in [1.54, 1.807) is 0 Å². The van der Waals surface area contributed by atoms with Crippen molar-refractivity contribution in [3.05, 3.63) is 11.6 Å². The first-order valence-electron chi connectivity index (χ1n) is 6.67. The van der Waals surface area contributed by atoms with E-state index in [-0.39, 0.29) is 0 Å². The van der Waals surface area contributed by atoms with E-state index in [1.165, 1.54) is 12.8 Å². The van der Waals surface area contributed by atoms with Crippen LogP contribution in [0.2, 0.25) is 0 Å². The van der Waals surface area contributed by atoms with Gasteiger partial charge < -0.3 is 0 Å². The SMILES string of the molecule is CC1=CC2(C)CCC(C(C)C)C2CCC1=O. The second kappa shape index (κ2) is 4.01. The van der Waals surface area contributed by atoms with E-state index in [0.29, 0.717) is 11.2 Å². The van der Waals surface area contributed by atoms with Gasteiger partial charge in [0.25, 0.3) is 0 Å². The summed E-state index contributed by atoms with van der Waals surface area (Å²) in [6, 6.07) is 0. The minimum atomic E-state index is 0.297. The first-order chi connectivity index (χ1) is 7.44. The summed E-state index contributed by atoms with van der Waals surface area (Å²) in [5, 5.41) is 0. The van der Waals surface area contributed by atoms with Crippen LogP contribution in [0.15, 0.2) is 11.6 Å². The van der Waals surface area contributed by atoms with Crippen molar-refractivity contribution >= 4 is 5.78 Å². The van der Waals surface area contributed by atoms with Crippen LogP contribution in [0.4, 0.5) is 0 Å². The van der Waals surface area contributed by atoms with Crippen LogP contribution >= 0.6 is 0 Å². The summed E-state index contributed by atoms with van der Waals surface area (Å²) in [5.41, 5.74) is 1.31. The Morgan fingerprint density at radius 2 is 2.06 bits per heavy atom. The van der Waals surface area contributed by atoms with Gasteiger partial charge in [-0.15, -0.1) is 0 Å². The van der Waals surface area contributed by atoms with Crippen LogP contribution in [0.25, 0.3) is 0 Å². The van der Waals surface area contributed by atoms with Gasteiger partial charge in [0.2, 0.25) is 0 Å². The van der Waals surface area contributed by atoms with Gasteiger partial charge in [-0.25, -0.2) is 0 Å². The highest BCUT2D eigenvalue weighted by atomic mass is 16.1. The number of hydrogen-bond donors (Lipinski definition) is 0. The van der Waals surface area contributed by atoms with Crippen LogP contribution in [0, 0.1) is 23.2 Å². The molecule has 1 saturated carbocycles. The van der Waals surface area contributed by atoms with Crippen molar-refractivity contribution in [2.45, 2.75) is 53.4 Å². The number of hydrogen-bond acceptors (Lipinski definition) is 1. The van der Waals surface area contributed by atoms with Crippen molar-refractivity contribution in [2.24, 2.45) is 23.2 Å². The third-order valence-electron chi connectivity index (χ3n) is 4.91. The summed E-state index contributed by atoms with van der Waals surface area (Å²) < 4.78 is 0. The molecule has 90 valence electrons. The third-order valence-corrected chi connectivity index (χ3v) is 4.91. The maximum absolute atomic E-state index is 11.8. The van der Waals surface area contributed by atoms with Gasteiger partial charge in [0, 0.05) is 6.42 Å². The topological polar surface area (TPSA) is 17.1 Å². The molecule has 3 atom stereocenters. The monoisotopic (exact) mass is 220 g/mol. The van der Waals surface area contributed by atoms with Crippen LogP contribution < -0.4 is 0 Å². The molecule has 0 aromatic carbocycles. The lowest BCUT2D eigenvalue weighted by Gasteiger charge is -2.32. The Balaban J connectivity index is 2.31. The van der Waals surface area contributed by atoms with Gasteiger partial charge in [-0.05, 0) is 54.9 Å². The molecule has 0 aliphatic heterocycles. The Bertz CT molecular complexity index is 326. The Labute approximate surface area is 99.3 Å². The molecule has 16 heavy (non-hydrogen) atoms. The molecule has 2 rings (SSSR count). The molecule has 2 aliphatic carbocycles. The van der Waals surface area contributed by atoms with Gasteiger partial charge in [-0.1, -0.05) is 26.8 Å². The van der Waals surface area contributed by atoms with E-state index >= 15 is 0 Å². The summed E-state index contributed by atoms with van der Waals surface area (Å²) in [7, 11) is 0. The number of carbonyl (C=O) groups is 1. The number of rotatable bonds is 1. The smallest absolute Gasteiger partial charge is 0.158 e. The van der Waals surface area contributed by atoms with Gasteiger partial charge in [0.15, 0.2) is 5.78 Å². The molecule has 0 spiro atoms. The summed E-state index contributed by atoms with van der Waals surface area (Å²) in [5.74, 6) is 2.68. The molecule has 1 nitrogen and oxygen atoms in total. The van der Waals surface area contributed by atoms with E-state index in [9.17, 15) is 4.79 Å². The van der Waals surface area contributed by atoms with Crippen molar-refractivity contribution in [3.63, 3.8) is 0 Å². The Morgan fingerprint density at radius 1 is 1.38 bits per heavy atom. The van der Waals surface area contributed by atoms with E-state index in [0.717, 1.165) is 36.2 Å². The molecule has 0 N–H and O–H groups in total. The van der Waals surface area contributed by atoms with Gasteiger partial charge in [-0.3, -0.25) is 4.79 Å². The molecule has 3 unspecified atom stereocenters. The zero-order chi connectivity index (χ0) is 11.9. The lowest BCUT2D eigenvalue weighted by molar-refractivity contribution is -0.115. The van der Waals surface area contributed by atoms with Crippen LogP contribution in [-0.4, -0.2) is 5.78 Å². The molecular formula is C15H24O. The summed E-state index contributed by atoms with van der Waals surface area (Å²) in [6.07, 6.45) is 6.77. The van der Waals surface area contributed by atoms with Crippen LogP contribution in [0.5, 0.6) is 0 Å². The van der Waals surface area contributed by atoms with Crippen LogP contribution in [0.3, 0.4) is 0 Å². The fraction of sp³-hybridized carbons (Fsp3) is 0.800. The Morgan fingerprint density at radius 3 is 2.69 bits per heavy atom. The van der Waals surface area contributed by atoms with Gasteiger partial charge in [-0.2, -0.15) is 0 Å². The molecule has 0 amide bonds. The molecule has 0 saturated heterocycles. The predicted molar refractivity (Wildman–Crippen MR) is 67.2 cm³/mol. The molecule has 0 aromatic heterocycles. The standard InChI is InChI=1S/C15H24O/c1-10(2)12-7-8-15(4)9-11(3)14(16)6-5-13(12)15/h9-10,12-13H,5-8H2,1-4H3. The number of carbonyl (C=O) groups excluding carboxylic acids is 1. The highest BCUT2D eigenvalue weighted by Gasteiger charge is 2.45. The minimum Gasteiger partial charge on any atom is -0.295 e. The molecule has 1 fully saturated rings. The fourth-order valence-corrected chi connectivity index (χ4v) is 3.93. The van der Waals surface area contributed by atoms with Crippen molar-refractivity contribution in [1.82, 2.24) is 0 Å². The highest BCUT2D eigenvalue weighted by molar-refractivity contribution is 5.95.